The second kappa shape index (κ2) is 10.2. The lowest BCUT2D eigenvalue weighted by Gasteiger charge is -2.23. The molecule has 8 heteroatoms. The SMILES string of the molecule is COc1ccc(C)cc1S(=O)(=O)N(CC(=O)NCc1cccnc1)Cc1ccccc1. The van der Waals surface area contributed by atoms with Crippen LogP contribution >= 0.6 is 0 Å². The minimum atomic E-state index is -4.01. The van der Waals surface area contributed by atoms with Gasteiger partial charge in [0.2, 0.25) is 15.9 Å². The summed E-state index contributed by atoms with van der Waals surface area (Å²) in [6.07, 6.45) is 3.30. The molecule has 162 valence electrons. The molecule has 0 spiro atoms. The van der Waals surface area contributed by atoms with Gasteiger partial charge >= 0.3 is 0 Å². The first-order chi connectivity index (χ1) is 14.9. The van der Waals surface area contributed by atoms with Crippen LogP contribution in [-0.4, -0.2) is 37.3 Å². The van der Waals surface area contributed by atoms with Crippen molar-refractivity contribution in [2.45, 2.75) is 24.9 Å². The number of hydrogen-bond donors (Lipinski definition) is 1. The number of pyridine rings is 1. The van der Waals surface area contributed by atoms with Crippen LogP contribution in [0.2, 0.25) is 0 Å². The van der Waals surface area contributed by atoms with Crippen LogP contribution < -0.4 is 10.1 Å². The largest absolute Gasteiger partial charge is 0.495 e. The molecule has 0 radical (unpaired) electrons. The van der Waals surface area contributed by atoms with Crippen molar-refractivity contribution in [3.63, 3.8) is 0 Å². The van der Waals surface area contributed by atoms with E-state index >= 15 is 0 Å². The summed E-state index contributed by atoms with van der Waals surface area (Å²) in [4.78, 5) is 16.7. The van der Waals surface area contributed by atoms with Crippen LogP contribution in [0.1, 0.15) is 16.7 Å². The molecule has 1 amide bonds. The van der Waals surface area contributed by atoms with Crippen LogP contribution in [0.5, 0.6) is 5.75 Å². The lowest BCUT2D eigenvalue weighted by Crippen LogP contribution is -2.40. The molecule has 3 rings (SSSR count). The molecular weight excluding hydrogens is 414 g/mol. The molecule has 0 aliphatic carbocycles. The van der Waals surface area contributed by atoms with Gasteiger partial charge in [0.15, 0.2) is 0 Å². The highest BCUT2D eigenvalue weighted by Crippen LogP contribution is 2.28. The number of benzene rings is 2. The number of aryl methyl sites for hydroxylation is 1. The van der Waals surface area contributed by atoms with Crippen LogP contribution in [0.25, 0.3) is 0 Å². The quantitative estimate of drug-likeness (QED) is 0.554. The average molecular weight is 440 g/mol. The molecule has 3 aromatic rings. The fraction of sp³-hybridized carbons (Fsp3) is 0.217. The number of amides is 1. The van der Waals surface area contributed by atoms with Gasteiger partial charge < -0.3 is 10.1 Å². The summed E-state index contributed by atoms with van der Waals surface area (Å²) >= 11 is 0. The van der Waals surface area contributed by atoms with E-state index in [0.717, 1.165) is 21.0 Å². The van der Waals surface area contributed by atoms with E-state index in [1.54, 1.807) is 43.6 Å². The number of sulfonamides is 1. The van der Waals surface area contributed by atoms with Crippen LogP contribution in [0.3, 0.4) is 0 Å². The first-order valence-corrected chi connectivity index (χ1v) is 11.2. The molecule has 1 heterocycles. The van der Waals surface area contributed by atoms with Crippen LogP contribution in [0.15, 0.2) is 78.0 Å². The molecule has 0 aliphatic heterocycles. The van der Waals surface area contributed by atoms with Gasteiger partial charge in [-0.2, -0.15) is 4.31 Å². The molecule has 0 saturated carbocycles. The third kappa shape index (κ3) is 5.90. The Morgan fingerprint density at radius 2 is 1.81 bits per heavy atom. The fourth-order valence-electron chi connectivity index (χ4n) is 3.06. The van der Waals surface area contributed by atoms with Crippen LogP contribution in [0.4, 0.5) is 0 Å². The van der Waals surface area contributed by atoms with E-state index in [1.807, 2.05) is 36.4 Å². The minimum absolute atomic E-state index is 0.0333. The molecule has 7 nitrogen and oxygen atoms in total. The Morgan fingerprint density at radius 3 is 2.48 bits per heavy atom. The third-order valence-corrected chi connectivity index (χ3v) is 6.48. The highest BCUT2D eigenvalue weighted by molar-refractivity contribution is 7.89. The Hall–Kier alpha value is -3.23. The summed E-state index contributed by atoms with van der Waals surface area (Å²) in [5.74, 6) is -0.172. The van der Waals surface area contributed by atoms with Crippen molar-refractivity contribution in [2.24, 2.45) is 0 Å². The number of methoxy groups -OCH3 is 1. The van der Waals surface area contributed by atoms with Crippen molar-refractivity contribution in [1.29, 1.82) is 0 Å². The maximum absolute atomic E-state index is 13.5. The van der Waals surface area contributed by atoms with Gasteiger partial charge in [-0.15, -0.1) is 0 Å². The van der Waals surface area contributed by atoms with Gasteiger partial charge in [-0.25, -0.2) is 8.42 Å². The Bertz CT molecular complexity index is 1120. The maximum atomic E-state index is 13.5. The number of nitrogens with zero attached hydrogens (tertiary/aromatic N) is 2. The summed E-state index contributed by atoms with van der Waals surface area (Å²) in [6, 6.07) is 17.7. The molecular formula is C23H25N3O4S. The molecule has 31 heavy (non-hydrogen) atoms. The van der Waals surface area contributed by atoms with Crippen molar-refractivity contribution >= 4 is 15.9 Å². The van der Waals surface area contributed by atoms with Crippen molar-refractivity contribution in [2.75, 3.05) is 13.7 Å². The molecule has 0 aliphatic rings. The van der Waals surface area contributed by atoms with Crippen LogP contribution in [-0.2, 0) is 27.9 Å². The number of rotatable bonds is 9. The van der Waals surface area contributed by atoms with Crippen LogP contribution in [0, 0.1) is 6.92 Å². The van der Waals surface area contributed by atoms with Gasteiger partial charge in [0.1, 0.15) is 10.6 Å². The lowest BCUT2D eigenvalue weighted by atomic mass is 10.2. The highest BCUT2D eigenvalue weighted by Gasteiger charge is 2.30. The van der Waals surface area contributed by atoms with Gasteiger partial charge in [-0.1, -0.05) is 42.5 Å². The number of hydrogen-bond acceptors (Lipinski definition) is 5. The Balaban J connectivity index is 1.87. The zero-order valence-electron chi connectivity index (χ0n) is 17.5. The fourth-order valence-corrected chi connectivity index (χ4v) is 4.68. The number of carbonyl (C=O) groups is 1. The first kappa shape index (κ1) is 22.5. The summed E-state index contributed by atoms with van der Waals surface area (Å²) in [7, 11) is -2.58. The summed E-state index contributed by atoms with van der Waals surface area (Å²) in [5, 5.41) is 2.76. The van der Waals surface area contributed by atoms with E-state index in [4.69, 9.17) is 4.74 Å². The topological polar surface area (TPSA) is 88.6 Å². The van der Waals surface area contributed by atoms with Gasteiger partial charge in [-0.3, -0.25) is 9.78 Å². The predicted octanol–water partition coefficient (Wildman–Crippen LogP) is 2.91. The number of aromatic nitrogens is 1. The molecule has 0 unspecified atom stereocenters. The van der Waals surface area contributed by atoms with Gasteiger partial charge in [0.05, 0.1) is 13.7 Å². The van der Waals surface area contributed by atoms with Gasteiger partial charge in [0.25, 0.3) is 0 Å². The normalized spacial score (nSPS) is 11.3. The second-order valence-electron chi connectivity index (χ2n) is 7.05. The van der Waals surface area contributed by atoms with Crippen molar-refractivity contribution in [3.8, 4) is 5.75 Å². The van der Waals surface area contributed by atoms with Gasteiger partial charge in [0, 0.05) is 25.5 Å². The molecule has 1 N–H and O–H groups in total. The maximum Gasteiger partial charge on any atom is 0.247 e. The third-order valence-electron chi connectivity index (χ3n) is 4.67. The molecule has 2 aromatic carbocycles. The highest BCUT2D eigenvalue weighted by atomic mass is 32.2. The zero-order valence-corrected chi connectivity index (χ0v) is 18.3. The zero-order chi connectivity index (χ0) is 22.3. The van der Waals surface area contributed by atoms with Crippen molar-refractivity contribution < 1.29 is 17.9 Å². The van der Waals surface area contributed by atoms with E-state index in [-0.39, 0.29) is 30.3 Å². The number of carbonyl (C=O) groups excluding carboxylic acids is 1. The van der Waals surface area contributed by atoms with E-state index < -0.39 is 15.9 Å². The molecule has 0 atom stereocenters. The Morgan fingerprint density at radius 1 is 1.06 bits per heavy atom. The van der Waals surface area contributed by atoms with Crippen molar-refractivity contribution in [1.82, 2.24) is 14.6 Å². The smallest absolute Gasteiger partial charge is 0.247 e. The summed E-state index contributed by atoms with van der Waals surface area (Å²) in [5.41, 5.74) is 2.38. The second-order valence-corrected chi connectivity index (χ2v) is 8.96. The standard InChI is InChI=1S/C23H25N3O4S/c1-18-10-11-21(30-2)22(13-18)31(28,29)26(16-19-7-4-3-5-8-19)17-23(27)25-15-20-9-6-12-24-14-20/h3-14H,15-17H2,1-2H3,(H,25,27). The monoisotopic (exact) mass is 439 g/mol. The predicted molar refractivity (Wildman–Crippen MR) is 118 cm³/mol. The van der Waals surface area contributed by atoms with E-state index in [2.05, 4.69) is 10.3 Å². The Kier molecular flexibility index (Phi) is 7.38. The molecule has 0 saturated heterocycles. The minimum Gasteiger partial charge on any atom is -0.495 e. The van der Waals surface area contributed by atoms with E-state index in [9.17, 15) is 13.2 Å². The average Bonchev–Trinajstić information content (AvgIpc) is 2.78. The number of nitrogens with one attached hydrogen (secondary N) is 1. The molecule has 1 aromatic heterocycles. The summed E-state index contributed by atoms with van der Waals surface area (Å²) < 4.78 is 33.5. The molecule has 0 fully saturated rings. The first-order valence-electron chi connectivity index (χ1n) is 9.74. The van der Waals surface area contributed by atoms with Crippen molar-refractivity contribution in [3.05, 3.63) is 89.7 Å². The lowest BCUT2D eigenvalue weighted by molar-refractivity contribution is -0.121. The van der Waals surface area contributed by atoms with E-state index in [0.29, 0.717) is 0 Å². The van der Waals surface area contributed by atoms with E-state index in [1.165, 1.54) is 7.11 Å². The number of ether oxygens (including phenoxy) is 1. The van der Waals surface area contributed by atoms with Gasteiger partial charge in [-0.05, 0) is 41.8 Å². The molecule has 0 bridgehead atoms. The Labute approximate surface area is 182 Å². The summed E-state index contributed by atoms with van der Waals surface area (Å²) in [6.45, 7) is 1.80.